The average molecular weight is 176 g/mol. The second-order valence-electron chi connectivity index (χ2n) is 2.02. The van der Waals surface area contributed by atoms with Crippen molar-refractivity contribution in [2.75, 3.05) is 0 Å². The van der Waals surface area contributed by atoms with Crippen LogP contribution in [0.3, 0.4) is 0 Å². The number of rotatable bonds is 2. The molecule has 0 saturated carbocycles. The maximum atomic E-state index is 10.8. The Morgan fingerprint density at radius 2 is 2.36 bits per heavy atom. The van der Waals surface area contributed by atoms with E-state index >= 15 is 0 Å². The Labute approximate surface area is 64.2 Å². The Balaban J connectivity index is 3.24. The second kappa shape index (κ2) is 2.63. The lowest BCUT2D eigenvalue weighted by molar-refractivity contribution is 0.411. The smallest absolute Gasteiger partial charge is 0.243 e. The van der Waals surface area contributed by atoms with Crippen LogP contribution in [0.15, 0.2) is 15.7 Å². The van der Waals surface area contributed by atoms with Gasteiger partial charge in [-0.3, -0.25) is 0 Å². The van der Waals surface area contributed by atoms with Crippen LogP contribution in [0.4, 0.5) is 0 Å². The SMILES string of the molecule is CCc1nocc1S(N)(=O)=O. The van der Waals surface area contributed by atoms with Crippen LogP contribution in [-0.2, 0) is 16.4 Å². The summed E-state index contributed by atoms with van der Waals surface area (Å²) in [5, 5.41) is 8.32. The van der Waals surface area contributed by atoms with E-state index in [9.17, 15) is 8.42 Å². The van der Waals surface area contributed by atoms with Crippen LogP contribution in [0.25, 0.3) is 0 Å². The van der Waals surface area contributed by atoms with E-state index in [1.165, 1.54) is 0 Å². The molecular formula is C5H8N2O3S. The first-order valence-electron chi connectivity index (χ1n) is 3.01. The van der Waals surface area contributed by atoms with Gasteiger partial charge in [-0.1, -0.05) is 12.1 Å². The van der Waals surface area contributed by atoms with Crippen molar-refractivity contribution >= 4 is 10.0 Å². The summed E-state index contributed by atoms with van der Waals surface area (Å²) in [6, 6.07) is 0. The first-order valence-corrected chi connectivity index (χ1v) is 4.56. The fraction of sp³-hybridized carbons (Fsp3) is 0.400. The van der Waals surface area contributed by atoms with Gasteiger partial charge in [-0.05, 0) is 6.42 Å². The Morgan fingerprint density at radius 3 is 2.73 bits per heavy atom. The molecule has 0 aliphatic heterocycles. The quantitative estimate of drug-likeness (QED) is 0.680. The van der Waals surface area contributed by atoms with E-state index in [0.717, 1.165) is 6.26 Å². The maximum absolute atomic E-state index is 10.8. The van der Waals surface area contributed by atoms with Crippen molar-refractivity contribution in [3.05, 3.63) is 12.0 Å². The molecule has 1 aromatic heterocycles. The van der Waals surface area contributed by atoms with Crippen LogP contribution in [0.5, 0.6) is 0 Å². The fourth-order valence-electron chi connectivity index (χ4n) is 0.721. The standard InChI is InChI=1S/C5H8N2O3S/c1-2-4-5(3-10-7-4)11(6,8)9/h3H,2H2,1H3,(H2,6,8,9). The molecule has 1 heterocycles. The zero-order valence-corrected chi connectivity index (χ0v) is 6.76. The molecule has 0 bridgehead atoms. The highest BCUT2D eigenvalue weighted by molar-refractivity contribution is 7.89. The molecule has 11 heavy (non-hydrogen) atoms. The van der Waals surface area contributed by atoms with Gasteiger partial charge in [0.05, 0.1) is 0 Å². The molecule has 0 aliphatic rings. The zero-order chi connectivity index (χ0) is 8.48. The number of nitrogens with two attached hydrogens (primary N) is 1. The van der Waals surface area contributed by atoms with E-state index < -0.39 is 10.0 Å². The fourth-order valence-corrected chi connectivity index (χ4v) is 1.41. The largest absolute Gasteiger partial charge is 0.363 e. The van der Waals surface area contributed by atoms with Crippen LogP contribution in [-0.4, -0.2) is 13.6 Å². The minimum Gasteiger partial charge on any atom is -0.363 e. The van der Waals surface area contributed by atoms with Crippen molar-refractivity contribution in [2.24, 2.45) is 5.14 Å². The lowest BCUT2D eigenvalue weighted by Crippen LogP contribution is -2.13. The molecule has 5 nitrogen and oxygen atoms in total. The van der Waals surface area contributed by atoms with Gasteiger partial charge in [0.15, 0.2) is 0 Å². The second-order valence-corrected chi connectivity index (χ2v) is 3.55. The highest BCUT2D eigenvalue weighted by Crippen LogP contribution is 2.11. The molecular weight excluding hydrogens is 168 g/mol. The molecule has 0 aromatic carbocycles. The Morgan fingerprint density at radius 1 is 1.73 bits per heavy atom. The molecule has 0 fully saturated rings. The first kappa shape index (κ1) is 8.22. The molecule has 2 N–H and O–H groups in total. The average Bonchev–Trinajstić information content (AvgIpc) is 2.31. The molecule has 0 spiro atoms. The van der Waals surface area contributed by atoms with Crippen LogP contribution >= 0.6 is 0 Å². The van der Waals surface area contributed by atoms with E-state index in [-0.39, 0.29) is 4.90 Å². The van der Waals surface area contributed by atoms with Gasteiger partial charge in [-0.15, -0.1) is 0 Å². The predicted octanol–water partition coefficient (Wildman–Crippen LogP) is -0.116. The van der Waals surface area contributed by atoms with E-state index in [1.807, 2.05) is 0 Å². The molecule has 62 valence electrons. The van der Waals surface area contributed by atoms with Crippen molar-refractivity contribution < 1.29 is 12.9 Å². The van der Waals surface area contributed by atoms with Crippen LogP contribution in [0.1, 0.15) is 12.6 Å². The number of aromatic nitrogens is 1. The Kier molecular flexibility index (Phi) is 1.97. The van der Waals surface area contributed by atoms with E-state index in [2.05, 4.69) is 9.68 Å². The zero-order valence-electron chi connectivity index (χ0n) is 5.94. The van der Waals surface area contributed by atoms with Gasteiger partial charge in [0.25, 0.3) is 0 Å². The highest BCUT2D eigenvalue weighted by atomic mass is 32.2. The van der Waals surface area contributed by atoms with Crippen molar-refractivity contribution in [3.63, 3.8) is 0 Å². The summed E-state index contributed by atoms with van der Waals surface area (Å²) in [5.41, 5.74) is 0.368. The third kappa shape index (κ3) is 1.58. The number of sulfonamides is 1. The van der Waals surface area contributed by atoms with Gasteiger partial charge >= 0.3 is 0 Å². The van der Waals surface area contributed by atoms with Crippen molar-refractivity contribution in [2.45, 2.75) is 18.2 Å². The maximum Gasteiger partial charge on any atom is 0.243 e. The van der Waals surface area contributed by atoms with Crippen LogP contribution in [0.2, 0.25) is 0 Å². The third-order valence-corrected chi connectivity index (χ3v) is 2.19. The summed E-state index contributed by atoms with van der Waals surface area (Å²) in [4.78, 5) is -0.0278. The molecule has 0 saturated heterocycles. The summed E-state index contributed by atoms with van der Waals surface area (Å²) < 4.78 is 26.0. The number of hydrogen-bond acceptors (Lipinski definition) is 4. The molecule has 0 radical (unpaired) electrons. The number of primary sulfonamides is 1. The monoisotopic (exact) mass is 176 g/mol. The van der Waals surface area contributed by atoms with Gasteiger partial charge in [0.1, 0.15) is 16.9 Å². The number of nitrogens with zero attached hydrogens (tertiary/aromatic N) is 1. The summed E-state index contributed by atoms with van der Waals surface area (Å²) in [6.45, 7) is 1.77. The molecule has 1 rings (SSSR count). The van der Waals surface area contributed by atoms with E-state index in [1.54, 1.807) is 6.92 Å². The van der Waals surface area contributed by atoms with Crippen molar-refractivity contribution in [1.29, 1.82) is 0 Å². The first-order chi connectivity index (χ1) is 5.05. The summed E-state index contributed by atoms with van der Waals surface area (Å²) in [6.07, 6.45) is 1.52. The third-order valence-electron chi connectivity index (χ3n) is 1.25. The van der Waals surface area contributed by atoms with Gasteiger partial charge in [0.2, 0.25) is 10.0 Å². The van der Waals surface area contributed by atoms with E-state index in [0.29, 0.717) is 12.1 Å². The lowest BCUT2D eigenvalue weighted by atomic mass is 10.3. The lowest BCUT2D eigenvalue weighted by Gasteiger charge is -1.92. The normalized spacial score (nSPS) is 11.8. The minimum absolute atomic E-state index is 0.0278. The van der Waals surface area contributed by atoms with Gasteiger partial charge in [-0.25, -0.2) is 13.6 Å². The predicted molar refractivity (Wildman–Crippen MR) is 37.3 cm³/mol. The molecule has 0 aliphatic carbocycles. The molecule has 0 amide bonds. The summed E-state index contributed by atoms with van der Waals surface area (Å²) in [5.74, 6) is 0. The Bertz CT molecular complexity index is 340. The molecule has 6 heteroatoms. The van der Waals surface area contributed by atoms with E-state index in [4.69, 9.17) is 5.14 Å². The molecule has 0 atom stereocenters. The van der Waals surface area contributed by atoms with Crippen LogP contribution < -0.4 is 5.14 Å². The van der Waals surface area contributed by atoms with Crippen LogP contribution in [0, 0.1) is 0 Å². The topological polar surface area (TPSA) is 86.2 Å². The highest BCUT2D eigenvalue weighted by Gasteiger charge is 2.16. The van der Waals surface area contributed by atoms with Gasteiger partial charge in [0, 0.05) is 0 Å². The summed E-state index contributed by atoms with van der Waals surface area (Å²) >= 11 is 0. The van der Waals surface area contributed by atoms with Gasteiger partial charge < -0.3 is 4.52 Å². The summed E-state index contributed by atoms with van der Waals surface area (Å²) in [7, 11) is -3.66. The van der Waals surface area contributed by atoms with Gasteiger partial charge in [-0.2, -0.15) is 0 Å². The number of hydrogen-bond donors (Lipinski definition) is 1. The number of aryl methyl sites for hydroxylation is 1. The molecule has 0 unspecified atom stereocenters. The molecule has 1 aromatic rings. The van der Waals surface area contributed by atoms with Crippen molar-refractivity contribution in [3.8, 4) is 0 Å². The minimum atomic E-state index is -3.66. The van der Waals surface area contributed by atoms with Crippen molar-refractivity contribution in [1.82, 2.24) is 5.16 Å². The Hall–Kier alpha value is -0.880.